The van der Waals surface area contributed by atoms with E-state index in [1.54, 1.807) is 29.6 Å². The number of thiophene rings is 1. The maximum Gasteiger partial charge on any atom is 0.208 e. The van der Waals surface area contributed by atoms with Crippen LogP contribution in [-0.4, -0.2) is 12.9 Å². The number of halogens is 1. The highest BCUT2D eigenvalue weighted by molar-refractivity contribution is 7.12. The van der Waals surface area contributed by atoms with Crippen molar-refractivity contribution in [2.45, 2.75) is 0 Å². The molecule has 1 aromatic heterocycles. The summed E-state index contributed by atoms with van der Waals surface area (Å²) in [5.74, 6) is 0.412. The second-order valence-electron chi connectivity index (χ2n) is 3.39. The summed E-state index contributed by atoms with van der Waals surface area (Å²) in [6.07, 6.45) is 0. The van der Waals surface area contributed by atoms with Gasteiger partial charge in [0.1, 0.15) is 10.6 Å². The van der Waals surface area contributed by atoms with Gasteiger partial charge in [-0.25, -0.2) is 0 Å². The van der Waals surface area contributed by atoms with Crippen LogP contribution in [0.2, 0.25) is 5.02 Å². The molecule has 5 heteroatoms. The van der Waals surface area contributed by atoms with Crippen molar-refractivity contribution in [2.24, 2.45) is 0 Å². The fourth-order valence-corrected chi connectivity index (χ4v) is 2.55. The summed E-state index contributed by atoms with van der Waals surface area (Å²) in [6, 6.07) is 6.59. The van der Waals surface area contributed by atoms with Gasteiger partial charge < -0.3 is 10.5 Å². The lowest BCUT2D eigenvalue weighted by molar-refractivity contribution is 0.104. The molecule has 0 aliphatic heterocycles. The van der Waals surface area contributed by atoms with Gasteiger partial charge in [-0.05, 0) is 29.6 Å². The molecule has 0 bridgehead atoms. The SMILES string of the molecule is COc1ccsc1C(=O)c1ccc(N)cc1Cl. The number of carbonyl (C=O) groups is 1. The molecule has 0 atom stereocenters. The van der Waals surface area contributed by atoms with Gasteiger partial charge in [-0.3, -0.25) is 4.79 Å². The molecule has 0 unspecified atom stereocenters. The van der Waals surface area contributed by atoms with E-state index in [0.29, 0.717) is 26.9 Å². The fourth-order valence-electron chi connectivity index (χ4n) is 1.46. The Balaban J connectivity index is 2.44. The average Bonchev–Trinajstić information content (AvgIpc) is 2.76. The van der Waals surface area contributed by atoms with Crippen LogP contribution in [0.4, 0.5) is 5.69 Å². The highest BCUT2D eigenvalue weighted by Crippen LogP contribution is 2.30. The molecule has 0 aliphatic rings. The molecule has 1 aromatic carbocycles. The minimum absolute atomic E-state index is 0.151. The molecular weight excluding hydrogens is 258 g/mol. The van der Waals surface area contributed by atoms with E-state index in [-0.39, 0.29) is 5.78 Å². The first kappa shape index (κ1) is 12.0. The fraction of sp³-hybridized carbons (Fsp3) is 0.0833. The van der Waals surface area contributed by atoms with E-state index >= 15 is 0 Å². The summed E-state index contributed by atoms with van der Waals surface area (Å²) in [4.78, 5) is 12.8. The lowest BCUT2D eigenvalue weighted by Crippen LogP contribution is -2.02. The molecule has 2 N–H and O–H groups in total. The van der Waals surface area contributed by atoms with Gasteiger partial charge in [-0.2, -0.15) is 0 Å². The largest absolute Gasteiger partial charge is 0.495 e. The molecule has 0 amide bonds. The Morgan fingerprint density at radius 3 is 2.82 bits per heavy atom. The van der Waals surface area contributed by atoms with E-state index in [1.807, 2.05) is 0 Å². The van der Waals surface area contributed by atoms with Gasteiger partial charge in [0.25, 0.3) is 0 Å². The molecule has 0 fully saturated rings. The topological polar surface area (TPSA) is 52.3 Å². The highest BCUT2D eigenvalue weighted by atomic mass is 35.5. The predicted molar refractivity (Wildman–Crippen MR) is 70.2 cm³/mol. The number of nitrogens with two attached hydrogens (primary N) is 1. The first-order valence-corrected chi connectivity index (χ1v) is 6.10. The average molecular weight is 268 g/mol. The molecule has 0 saturated carbocycles. The number of ketones is 1. The standard InChI is InChI=1S/C12H10ClNO2S/c1-16-10-4-5-17-12(10)11(15)8-3-2-7(14)6-9(8)13/h2-6H,14H2,1H3. The Hall–Kier alpha value is -1.52. The normalized spacial score (nSPS) is 10.2. The van der Waals surface area contributed by atoms with Crippen molar-refractivity contribution in [3.63, 3.8) is 0 Å². The maximum absolute atomic E-state index is 12.2. The number of benzene rings is 1. The molecule has 17 heavy (non-hydrogen) atoms. The molecule has 3 nitrogen and oxygen atoms in total. The van der Waals surface area contributed by atoms with Gasteiger partial charge in [0.05, 0.1) is 12.1 Å². The molecular formula is C12H10ClNO2S. The minimum atomic E-state index is -0.151. The van der Waals surface area contributed by atoms with Gasteiger partial charge in [0.2, 0.25) is 5.78 Å². The predicted octanol–water partition coefficient (Wildman–Crippen LogP) is 3.22. The summed E-state index contributed by atoms with van der Waals surface area (Å²) in [6.45, 7) is 0. The molecule has 0 saturated heterocycles. The number of rotatable bonds is 3. The van der Waals surface area contributed by atoms with Crippen molar-refractivity contribution in [3.8, 4) is 5.75 Å². The van der Waals surface area contributed by atoms with Gasteiger partial charge in [0.15, 0.2) is 0 Å². The van der Waals surface area contributed by atoms with Crippen LogP contribution in [-0.2, 0) is 0 Å². The molecule has 1 heterocycles. The van der Waals surface area contributed by atoms with Crippen molar-refractivity contribution in [1.82, 2.24) is 0 Å². The van der Waals surface area contributed by atoms with Crippen molar-refractivity contribution in [2.75, 3.05) is 12.8 Å². The Bertz CT molecular complexity index is 565. The lowest BCUT2D eigenvalue weighted by Gasteiger charge is -2.04. The third kappa shape index (κ3) is 2.28. The van der Waals surface area contributed by atoms with Gasteiger partial charge in [0, 0.05) is 11.3 Å². The second-order valence-corrected chi connectivity index (χ2v) is 4.71. The van der Waals surface area contributed by atoms with Crippen LogP contribution in [0.3, 0.4) is 0 Å². The Labute approximate surface area is 108 Å². The summed E-state index contributed by atoms with van der Waals surface area (Å²) in [5.41, 5.74) is 6.55. The first-order valence-electron chi connectivity index (χ1n) is 4.84. The molecule has 88 valence electrons. The second kappa shape index (κ2) is 4.77. The third-order valence-corrected chi connectivity index (χ3v) is 3.50. The van der Waals surface area contributed by atoms with E-state index in [0.717, 1.165) is 0 Å². The number of anilines is 1. The van der Waals surface area contributed by atoms with Crippen LogP contribution in [0.15, 0.2) is 29.6 Å². The zero-order valence-corrected chi connectivity index (χ0v) is 10.6. The molecule has 2 aromatic rings. The molecule has 0 aliphatic carbocycles. The van der Waals surface area contributed by atoms with Crippen molar-refractivity contribution < 1.29 is 9.53 Å². The third-order valence-electron chi connectivity index (χ3n) is 2.29. The summed E-state index contributed by atoms with van der Waals surface area (Å²) in [5, 5.41) is 2.16. The van der Waals surface area contributed by atoms with E-state index < -0.39 is 0 Å². The van der Waals surface area contributed by atoms with Crippen LogP contribution in [0.1, 0.15) is 15.2 Å². The Kier molecular flexibility index (Phi) is 3.36. The first-order chi connectivity index (χ1) is 8.13. The number of hydrogen-bond acceptors (Lipinski definition) is 4. The zero-order chi connectivity index (χ0) is 12.4. The van der Waals surface area contributed by atoms with E-state index in [2.05, 4.69) is 0 Å². The van der Waals surface area contributed by atoms with Crippen molar-refractivity contribution in [3.05, 3.63) is 45.1 Å². The van der Waals surface area contributed by atoms with Gasteiger partial charge in [-0.15, -0.1) is 11.3 Å². The summed E-state index contributed by atoms with van der Waals surface area (Å²) < 4.78 is 5.11. The zero-order valence-electron chi connectivity index (χ0n) is 9.07. The van der Waals surface area contributed by atoms with Crippen LogP contribution in [0.5, 0.6) is 5.75 Å². The number of hydrogen-bond donors (Lipinski definition) is 1. The number of nitrogen functional groups attached to an aromatic ring is 1. The maximum atomic E-state index is 12.2. The molecule has 2 rings (SSSR count). The van der Waals surface area contributed by atoms with Gasteiger partial charge in [-0.1, -0.05) is 11.6 Å². The van der Waals surface area contributed by atoms with Crippen molar-refractivity contribution in [1.29, 1.82) is 0 Å². The molecule has 0 spiro atoms. The van der Waals surface area contributed by atoms with Crippen LogP contribution in [0.25, 0.3) is 0 Å². The minimum Gasteiger partial charge on any atom is -0.495 e. The Morgan fingerprint density at radius 1 is 1.41 bits per heavy atom. The number of methoxy groups -OCH3 is 1. The smallest absolute Gasteiger partial charge is 0.208 e. The number of ether oxygens (including phenoxy) is 1. The van der Waals surface area contributed by atoms with E-state index in [9.17, 15) is 4.79 Å². The Morgan fingerprint density at radius 2 is 2.18 bits per heavy atom. The number of carbonyl (C=O) groups excluding carboxylic acids is 1. The van der Waals surface area contributed by atoms with Crippen LogP contribution < -0.4 is 10.5 Å². The van der Waals surface area contributed by atoms with Crippen molar-refractivity contribution >= 4 is 34.4 Å². The van der Waals surface area contributed by atoms with Crippen LogP contribution in [0, 0.1) is 0 Å². The van der Waals surface area contributed by atoms with E-state index in [1.165, 1.54) is 18.4 Å². The summed E-state index contributed by atoms with van der Waals surface area (Å²) >= 11 is 7.33. The van der Waals surface area contributed by atoms with Crippen LogP contribution >= 0.6 is 22.9 Å². The summed E-state index contributed by atoms with van der Waals surface area (Å²) in [7, 11) is 1.53. The van der Waals surface area contributed by atoms with Gasteiger partial charge >= 0.3 is 0 Å². The monoisotopic (exact) mass is 267 g/mol. The lowest BCUT2D eigenvalue weighted by atomic mass is 10.1. The highest BCUT2D eigenvalue weighted by Gasteiger charge is 2.18. The molecule has 0 radical (unpaired) electrons. The quantitative estimate of drug-likeness (QED) is 0.686. The van der Waals surface area contributed by atoms with E-state index in [4.69, 9.17) is 22.1 Å².